The van der Waals surface area contributed by atoms with E-state index in [1.807, 2.05) is 0 Å². The lowest BCUT2D eigenvalue weighted by molar-refractivity contribution is 0.0368. The molecule has 0 spiro atoms. The van der Waals surface area contributed by atoms with E-state index < -0.39 is 0 Å². The molecule has 2 aliphatic rings. The first-order valence-electron chi connectivity index (χ1n) is 4.17. The summed E-state index contributed by atoms with van der Waals surface area (Å²) < 4.78 is 11.0. The Morgan fingerprint density at radius 3 is 3.10 bits per heavy atom. The van der Waals surface area contributed by atoms with Gasteiger partial charge in [-0.15, -0.1) is 0 Å². The van der Waals surface area contributed by atoms with E-state index in [1.54, 1.807) is 0 Å². The fourth-order valence-electron chi connectivity index (χ4n) is 1.60. The van der Waals surface area contributed by atoms with Gasteiger partial charge in [0.05, 0.1) is 18.3 Å². The zero-order valence-electron chi connectivity index (χ0n) is 6.38. The van der Waals surface area contributed by atoms with Crippen LogP contribution in [0.3, 0.4) is 0 Å². The minimum absolute atomic E-state index is 0.470. The van der Waals surface area contributed by atoms with E-state index in [0.29, 0.717) is 18.3 Å². The first kappa shape index (κ1) is 6.62. The quantitative estimate of drug-likeness (QED) is 0.515. The van der Waals surface area contributed by atoms with Crippen molar-refractivity contribution >= 4 is 0 Å². The summed E-state index contributed by atoms with van der Waals surface area (Å²) in [5.41, 5.74) is 0. The minimum Gasteiger partial charge on any atom is -0.378 e. The Morgan fingerprint density at radius 1 is 1.40 bits per heavy atom. The summed E-state index contributed by atoms with van der Waals surface area (Å²) in [4.78, 5) is 0. The Hall–Kier alpha value is -0.0800. The lowest BCUT2D eigenvalue weighted by atomic mass is 10.1. The van der Waals surface area contributed by atoms with E-state index in [9.17, 15) is 0 Å². The van der Waals surface area contributed by atoms with Crippen LogP contribution in [-0.4, -0.2) is 24.9 Å². The number of ether oxygens (including phenoxy) is 2. The standard InChI is InChI=1S/C8H14O2/c1-2-6-5-8-7(10-8)3-4-9-6/h6-8H,2-5H2,1H3/t6-,7+,8-/m1/s1. The summed E-state index contributed by atoms with van der Waals surface area (Å²) in [6.45, 7) is 3.08. The smallest absolute Gasteiger partial charge is 0.0867 e. The second-order valence-electron chi connectivity index (χ2n) is 3.14. The summed E-state index contributed by atoms with van der Waals surface area (Å²) in [5, 5.41) is 0. The SMILES string of the molecule is CC[C@@H]1C[C@H]2O[C@H]2CCO1. The minimum atomic E-state index is 0.470. The van der Waals surface area contributed by atoms with Crippen molar-refractivity contribution in [2.24, 2.45) is 0 Å². The molecule has 2 aliphatic heterocycles. The van der Waals surface area contributed by atoms with Gasteiger partial charge in [0.25, 0.3) is 0 Å². The maximum atomic E-state index is 5.57. The molecule has 0 aromatic heterocycles. The molecular weight excluding hydrogens is 128 g/mol. The van der Waals surface area contributed by atoms with Crippen LogP contribution in [0.15, 0.2) is 0 Å². The molecule has 2 saturated heterocycles. The van der Waals surface area contributed by atoms with Crippen molar-refractivity contribution in [2.75, 3.05) is 6.61 Å². The molecule has 2 fully saturated rings. The number of fused-ring (bicyclic) bond motifs is 1. The third-order valence-corrected chi connectivity index (χ3v) is 2.39. The molecule has 0 aliphatic carbocycles. The van der Waals surface area contributed by atoms with Gasteiger partial charge in [-0.1, -0.05) is 6.92 Å². The van der Waals surface area contributed by atoms with Gasteiger partial charge in [-0.05, 0) is 12.8 Å². The van der Waals surface area contributed by atoms with E-state index in [0.717, 1.165) is 25.9 Å². The van der Waals surface area contributed by atoms with E-state index >= 15 is 0 Å². The predicted octanol–water partition coefficient (Wildman–Crippen LogP) is 1.34. The van der Waals surface area contributed by atoms with Gasteiger partial charge in [-0.3, -0.25) is 0 Å². The summed E-state index contributed by atoms with van der Waals surface area (Å²) in [5.74, 6) is 0. The summed E-state index contributed by atoms with van der Waals surface area (Å²) >= 11 is 0. The molecule has 0 amide bonds. The summed E-state index contributed by atoms with van der Waals surface area (Å²) in [6, 6.07) is 0. The van der Waals surface area contributed by atoms with Gasteiger partial charge < -0.3 is 9.47 Å². The molecule has 2 nitrogen and oxygen atoms in total. The van der Waals surface area contributed by atoms with Crippen LogP contribution in [0.1, 0.15) is 26.2 Å². The Kier molecular flexibility index (Phi) is 1.66. The van der Waals surface area contributed by atoms with Crippen LogP contribution in [0.4, 0.5) is 0 Å². The highest BCUT2D eigenvalue weighted by Crippen LogP contribution is 2.33. The first-order valence-corrected chi connectivity index (χ1v) is 4.17. The van der Waals surface area contributed by atoms with Gasteiger partial charge in [-0.2, -0.15) is 0 Å². The van der Waals surface area contributed by atoms with Gasteiger partial charge in [0.15, 0.2) is 0 Å². The predicted molar refractivity (Wildman–Crippen MR) is 37.9 cm³/mol. The molecule has 3 atom stereocenters. The van der Waals surface area contributed by atoms with Gasteiger partial charge >= 0.3 is 0 Å². The van der Waals surface area contributed by atoms with Gasteiger partial charge in [0, 0.05) is 13.0 Å². The summed E-state index contributed by atoms with van der Waals surface area (Å²) in [7, 11) is 0. The maximum Gasteiger partial charge on any atom is 0.0867 e. The van der Waals surface area contributed by atoms with E-state index in [1.165, 1.54) is 0 Å². The molecule has 58 valence electrons. The number of epoxide rings is 1. The average Bonchev–Trinajstić information content (AvgIpc) is 2.61. The molecule has 2 rings (SSSR count). The second kappa shape index (κ2) is 2.51. The van der Waals surface area contributed by atoms with E-state index in [2.05, 4.69) is 6.92 Å². The highest BCUT2D eigenvalue weighted by atomic mass is 16.6. The van der Waals surface area contributed by atoms with Crippen LogP contribution in [0.25, 0.3) is 0 Å². The van der Waals surface area contributed by atoms with Crippen LogP contribution >= 0.6 is 0 Å². The Labute approximate surface area is 61.5 Å². The number of hydrogen-bond acceptors (Lipinski definition) is 2. The van der Waals surface area contributed by atoms with Crippen molar-refractivity contribution in [3.05, 3.63) is 0 Å². The molecule has 10 heavy (non-hydrogen) atoms. The van der Waals surface area contributed by atoms with Crippen LogP contribution in [0.2, 0.25) is 0 Å². The normalized spacial score (nSPS) is 45.9. The van der Waals surface area contributed by atoms with Crippen molar-refractivity contribution < 1.29 is 9.47 Å². The molecular formula is C8H14O2. The van der Waals surface area contributed by atoms with Crippen molar-refractivity contribution in [1.29, 1.82) is 0 Å². The number of rotatable bonds is 1. The van der Waals surface area contributed by atoms with Gasteiger partial charge in [0.1, 0.15) is 0 Å². The lowest BCUT2D eigenvalue weighted by Gasteiger charge is -2.11. The third kappa shape index (κ3) is 1.18. The van der Waals surface area contributed by atoms with E-state index in [-0.39, 0.29) is 0 Å². The van der Waals surface area contributed by atoms with Crippen molar-refractivity contribution in [1.82, 2.24) is 0 Å². The molecule has 0 aromatic rings. The molecule has 0 radical (unpaired) electrons. The molecule has 2 heteroatoms. The summed E-state index contributed by atoms with van der Waals surface area (Å²) in [6.07, 6.45) is 4.94. The Balaban J connectivity index is 1.88. The molecule has 2 heterocycles. The third-order valence-electron chi connectivity index (χ3n) is 2.39. The average molecular weight is 142 g/mol. The van der Waals surface area contributed by atoms with Crippen LogP contribution in [0, 0.1) is 0 Å². The lowest BCUT2D eigenvalue weighted by Crippen LogP contribution is -2.12. The number of hydrogen-bond donors (Lipinski definition) is 0. The highest BCUT2D eigenvalue weighted by molar-refractivity contribution is 4.88. The fraction of sp³-hybridized carbons (Fsp3) is 1.00. The molecule has 0 saturated carbocycles. The molecule has 0 aromatic carbocycles. The van der Waals surface area contributed by atoms with Gasteiger partial charge in [-0.25, -0.2) is 0 Å². The Bertz CT molecular complexity index is 124. The molecule has 0 N–H and O–H groups in total. The van der Waals surface area contributed by atoms with Gasteiger partial charge in [0.2, 0.25) is 0 Å². The van der Waals surface area contributed by atoms with Crippen molar-refractivity contribution in [3.63, 3.8) is 0 Å². The zero-order chi connectivity index (χ0) is 6.97. The zero-order valence-corrected chi connectivity index (χ0v) is 6.38. The van der Waals surface area contributed by atoms with Crippen molar-refractivity contribution in [2.45, 2.75) is 44.5 Å². The molecule has 0 bridgehead atoms. The monoisotopic (exact) mass is 142 g/mol. The van der Waals surface area contributed by atoms with Crippen LogP contribution in [-0.2, 0) is 9.47 Å². The largest absolute Gasteiger partial charge is 0.378 e. The fourth-order valence-corrected chi connectivity index (χ4v) is 1.60. The topological polar surface area (TPSA) is 21.8 Å². The van der Waals surface area contributed by atoms with Crippen LogP contribution < -0.4 is 0 Å². The first-order chi connectivity index (χ1) is 4.90. The van der Waals surface area contributed by atoms with Crippen LogP contribution in [0.5, 0.6) is 0 Å². The second-order valence-corrected chi connectivity index (χ2v) is 3.14. The Morgan fingerprint density at radius 2 is 2.30 bits per heavy atom. The highest BCUT2D eigenvalue weighted by Gasteiger charge is 2.41. The van der Waals surface area contributed by atoms with E-state index in [4.69, 9.17) is 9.47 Å². The molecule has 0 unspecified atom stereocenters. The van der Waals surface area contributed by atoms with Crippen molar-refractivity contribution in [3.8, 4) is 0 Å². The maximum absolute atomic E-state index is 5.57.